The fourth-order valence-electron chi connectivity index (χ4n) is 2.29. The van der Waals surface area contributed by atoms with Gasteiger partial charge in [-0.2, -0.15) is 4.80 Å². The second kappa shape index (κ2) is 8.41. The quantitative estimate of drug-likeness (QED) is 0.655. The van der Waals surface area contributed by atoms with Crippen LogP contribution in [0, 0.1) is 0 Å². The minimum absolute atomic E-state index is 0.104. The summed E-state index contributed by atoms with van der Waals surface area (Å²) in [7, 11) is 0. The van der Waals surface area contributed by atoms with E-state index in [9.17, 15) is 9.59 Å². The van der Waals surface area contributed by atoms with E-state index in [1.807, 2.05) is 0 Å². The number of anilines is 1. The van der Waals surface area contributed by atoms with Crippen molar-refractivity contribution in [3.8, 4) is 11.4 Å². The Kier molecular flexibility index (Phi) is 5.77. The highest BCUT2D eigenvalue weighted by Gasteiger charge is 2.11. The molecule has 0 aliphatic rings. The molecule has 27 heavy (non-hydrogen) atoms. The van der Waals surface area contributed by atoms with Crippen molar-refractivity contribution >= 4 is 29.2 Å². The zero-order valence-corrected chi connectivity index (χ0v) is 15.2. The number of esters is 1. The van der Waals surface area contributed by atoms with Crippen molar-refractivity contribution in [3.05, 3.63) is 59.1 Å². The number of aromatic nitrogens is 4. The zero-order chi connectivity index (χ0) is 19.2. The third-order valence-electron chi connectivity index (χ3n) is 3.50. The van der Waals surface area contributed by atoms with Gasteiger partial charge in [-0.15, -0.1) is 10.2 Å². The van der Waals surface area contributed by atoms with Crippen molar-refractivity contribution in [3.63, 3.8) is 0 Å². The van der Waals surface area contributed by atoms with Gasteiger partial charge in [0, 0.05) is 16.3 Å². The number of halogens is 1. The van der Waals surface area contributed by atoms with Crippen LogP contribution in [0.3, 0.4) is 0 Å². The molecule has 1 N–H and O–H groups in total. The molecule has 1 heterocycles. The van der Waals surface area contributed by atoms with Crippen molar-refractivity contribution < 1.29 is 14.3 Å². The van der Waals surface area contributed by atoms with Crippen LogP contribution >= 0.6 is 11.6 Å². The number of rotatable bonds is 6. The minimum atomic E-state index is -0.407. The lowest BCUT2D eigenvalue weighted by Gasteiger charge is -2.06. The maximum Gasteiger partial charge on any atom is 0.338 e. The molecule has 1 amide bonds. The van der Waals surface area contributed by atoms with Gasteiger partial charge in [-0.1, -0.05) is 23.7 Å². The molecule has 0 saturated carbocycles. The lowest BCUT2D eigenvalue weighted by atomic mass is 10.2. The molecule has 0 radical (unpaired) electrons. The van der Waals surface area contributed by atoms with Crippen LogP contribution in [-0.4, -0.2) is 38.7 Å². The van der Waals surface area contributed by atoms with E-state index < -0.39 is 5.97 Å². The minimum Gasteiger partial charge on any atom is -0.462 e. The topological polar surface area (TPSA) is 99.0 Å². The molecule has 0 aliphatic heterocycles. The summed E-state index contributed by atoms with van der Waals surface area (Å²) in [5.41, 5.74) is 1.67. The number of carbonyl (C=O) groups is 2. The van der Waals surface area contributed by atoms with Gasteiger partial charge in [0.1, 0.15) is 6.54 Å². The van der Waals surface area contributed by atoms with E-state index in [-0.39, 0.29) is 12.5 Å². The predicted octanol–water partition coefficient (Wildman–Crippen LogP) is 2.81. The van der Waals surface area contributed by atoms with Gasteiger partial charge in [0.25, 0.3) is 0 Å². The Morgan fingerprint density at radius 2 is 1.96 bits per heavy atom. The predicted molar refractivity (Wildman–Crippen MR) is 99.3 cm³/mol. The van der Waals surface area contributed by atoms with Gasteiger partial charge in [0.2, 0.25) is 11.7 Å². The Hall–Kier alpha value is -3.26. The molecule has 8 nitrogen and oxygen atoms in total. The first-order valence-corrected chi connectivity index (χ1v) is 8.53. The van der Waals surface area contributed by atoms with E-state index in [2.05, 4.69) is 20.7 Å². The lowest BCUT2D eigenvalue weighted by Crippen LogP contribution is -2.20. The first-order valence-electron chi connectivity index (χ1n) is 8.16. The highest BCUT2D eigenvalue weighted by molar-refractivity contribution is 6.30. The van der Waals surface area contributed by atoms with Crippen molar-refractivity contribution in [1.82, 2.24) is 20.2 Å². The van der Waals surface area contributed by atoms with Crippen LogP contribution in [-0.2, 0) is 16.1 Å². The average molecular weight is 386 g/mol. The molecule has 0 unspecified atom stereocenters. The van der Waals surface area contributed by atoms with Gasteiger partial charge >= 0.3 is 5.97 Å². The summed E-state index contributed by atoms with van der Waals surface area (Å²) in [5.74, 6) is -0.353. The SMILES string of the molecule is CCOC(=O)c1ccc(NC(=O)Cn2nnc(-c3cccc(Cl)c3)n2)cc1. The van der Waals surface area contributed by atoms with Gasteiger partial charge in [-0.3, -0.25) is 4.79 Å². The maximum absolute atomic E-state index is 12.2. The largest absolute Gasteiger partial charge is 0.462 e. The van der Waals surface area contributed by atoms with Crippen LogP contribution in [0.15, 0.2) is 48.5 Å². The third kappa shape index (κ3) is 4.89. The molecule has 3 rings (SSSR count). The molecule has 0 aliphatic carbocycles. The van der Waals surface area contributed by atoms with Crippen molar-refractivity contribution in [1.29, 1.82) is 0 Å². The normalized spacial score (nSPS) is 10.4. The number of amides is 1. The molecular formula is C18H16ClN5O3. The summed E-state index contributed by atoms with van der Waals surface area (Å²) in [6, 6.07) is 13.5. The molecule has 0 spiro atoms. The highest BCUT2D eigenvalue weighted by Crippen LogP contribution is 2.18. The molecule has 0 saturated heterocycles. The van der Waals surface area contributed by atoms with E-state index in [4.69, 9.17) is 16.3 Å². The van der Waals surface area contributed by atoms with Gasteiger partial charge < -0.3 is 10.1 Å². The van der Waals surface area contributed by atoms with Crippen LogP contribution < -0.4 is 5.32 Å². The van der Waals surface area contributed by atoms with Crippen molar-refractivity contribution in [2.45, 2.75) is 13.5 Å². The summed E-state index contributed by atoms with van der Waals surface area (Å²) < 4.78 is 4.91. The Bertz CT molecular complexity index is 956. The number of ether oxygens (including phenoxy) is 1. The van der Waals surface area contributed by atoms with E-state index in [0.717, 1.165) is 0 Å². The summed E-state index contributed by atoms with van der Waals surface area (Å²) in [6.07, 6.45) is 0. The molecular weight excluding hydrogens is 370 g/mol. The molecule has 138 valence electrons. The molecule has 2 aromatic carbocycles. The van der Waals surface area contributed by atoms with E-state index in [1.54, 1.807) is 55.5 Å². The number of hydrogen-bond donors (Lipinski definition) is 1. The second-order valence-corrected chi connectivity index (χ2v) is 5.94. The molecule has 0 fully saturated rings. The van der Waals surface area contributed by atoms with Crippen LogP contribution in [0.1, 0.15) is 17.3 Å². The first-order chi connectivity index (χ1) is 13.0. The van der Waals surface area contributed by atoms with Gasteiger partial charge in [-0.25, -0.2) is 4.79 Å². The van der Waals surface area contributed by atoms with Crippen LogP contribution in [0.25, 0.3) is 11.4 Å². The number of hydrogen-bond acceptors (Lipinski definition) is 6. The monoisotopic (exact) mass is 385 g/mol. The Labute approximate surface area is 160 Å². The third-order valence-corrected chi connectivity index (χ3v) is 3.74. The Morgan fingerprint density at radius 1 is 1.19 bits per heavy atom. The summed E-state index contributed by atoms with van der Waals surface area (Å²) in [5, 5.41) is 15.2. The summed E-state index contributed by atoms with van der Waals surface area (Å²) >= 11 is 5.95. The number of carbonyl (C=O) groups excluding carboxylic acids is 2. The Balaban J connectivity index is 1.60. The molecule has 1 aromatic heterocycles. The standard InChI is InChI=1S/C18H16ClN5O3/c1-2-27-18(26)12-6-8-15(9-7-12)20-16(25)11-24-22-17(21-23-24)13-4-3-5-14(19)10-13/h3-10H,2,11H2,1H3,(H,20,25). The van der Waals surface area contributed by atoms with Crippen molar-refractivity contribution in [2.75, 3.05) is 11.9 Å². The maximum atomic E-state index is 12.2. The fraction of sp³-hybridized carbons (Fsp3) is 0.167. The van der Waals surface area contributed by atoms with Gasteiger partial charge in [0.05, 0.1) is 12.2 Å². The average Bonchev–Trinajstić information content (AvgIpc) is 3.11. The first kappa shape index (κ1) is 18.5. The van der Waals surface area contributed by atoms with Gasteiger partial charge in [0.15, 0.2) is 0 Å². The second-order valence-electron chi connectivity index (χ2n) is 5.50. The van der Waals surface area contributed by atoms with Gasteiger partial charge in [-0.05, 0) is 48.5 Å². The van der Waals surface area contributed by atoms with Crippen LogP contribution in [0.2, 0.25) is 5.02 Å². The molecule has 3 aromatic rings. The van der Waals surface area contributed by atoms with E-state index in [0.29, 0.717) is 34.3 Å². The highest BCUT2D eigenvalue weighted by atomic mass is 35.5. The number of nitrogens with one attached hydrogen (secondary N) is 1. The lowest BCUT2D eigenvalue weighted by molar-refractivity contribution is -0.117. The number of nitrogens with zero attached hydrogens (tertiary/aromatic N) is 4. The van der Waals surface area contributed by atoms with E-state index >= 15 is 0 Å². The van der Waals surface area contributed by atoms with Crippen molar-refractivity contribution in [2.24, 2.45) is 0 Å². The fourth-order valence-corrected chi connectivity index (χ4v) is 2.48. The van der Waals surface area contributed by atoms with E-state index in [1.165, 1.54) is 4.80 Å². The smallest absolute Gasteiger partial charge is 0.338 e. The summed E-state index contributed by atoms with van der Waals surface area (Å²) in [6.45, 7) is 1.94. The number of tetrazole rings is 1. The molecule has 9 heteroatoms. The zero-order valence-electron chi connectivity index (χ0n) is 14.4. The summed E-state index contributed by atoms with van der Waals surface area (Å²) in [4.78, 5) is 25.0. The molecule has 0 bridgehead atoms. The van der Waals surface area contributed by atoms with Crippen LogP contribution in [0.4, 0.5) is 5.69 Å². The Morgan fingerprint density at radius 3 is 2.67 bits per heavy atom. The number of benzene rings is 2. The molecule has 0 atom stereocenters. The van der Waals surface area contributed by atoms with Crippen LogP contribution in [0.5, 0.6) is 0 Å².